The molecule has 0 atom stereocenters. The monoisotopic (exact) mass is 360 g/mol. The molecule has 0 unspecified atom stereocenters. The molecule has 0 aliphatic carbocycles. The zero-order valence-corrected chi connectivity index (χ0v) is 15.2. The van der Waals surface area contributed by atoms with E-state index >= 15 is 0 Å². The minimum atomic E-state index is -0.157. The summed E-state index contributed by atoms with van der Waals surface area (Å²) in [7, 11) is 4.83. The maximum Gasteiger partial charge on any atom is 0.239 e. The summed E-state index contributed by atoms with van der Waals surface area (Å²) in [6.45, 7) is 0.978. The van der Waals surface area contributed by atoms with E-state index < -0.39 is 0 Å². The molecule has 1 heterocycles. The second-order valence-electron chi connectivity index (χ2n) is 5.32. The molecule has 8 nitrogen and oxygen atoms in total. The smallest absolute Gasteiger partial charge is 0.239 e. The van der Waals surface area contributed by atoms with Gasteiger partial charge in [-0.1, -0.05) is 6.07 Å². The fourth-order valence-corrected chi connectivity index (χ4v) is 2.22. The molecule has 1 aromatic carbocycles. The first kappa shape index (κ1) is 19.2. The molecule has 140 valence electrons. The second-order valence-corrected chi connectivity index (χ2v) is 5.32. The normalized spacial score (nSPS) is 11.0. The number of furan rings is 1. The number of carbonyl (C=O) groups is 1. The van der Waals surface area contributed by atoms with Crippen molar-refractivity contribution in [3.63, 3.8) is 0 Å². The lowest BCUT2D eigenvalue weighted by Crippen LogP contribution is -2.42. The van der Waals surface area contributed by atoms with Gasteiger partial charge in [0.15, 0.2) is 17.5 Å². The summed E-state index contributed by atoms with van der Waals surface area (Å²) in [5.74, 6) is 2.40. The SMILES string of the molecule is CN=C(NCC(=O)NCc1ccco1)NCc1ccc(OC)c(OC)c1. The minimum absolute atomic E-state index is 0.103. The van der Waals surface area contributed by atoms with Gasteiger partial charge in [0.1, 0.15) is 5.76 Å². The summed E-state index contributed by atoms with van der Waals surface area (Å²) in [5.41, 5.74) is 0.993. The first-order valence-electron chi connectivity index (χ1n) is 8.10. The van der Waals surface area contributed by atoms with E-state index in [-0.39, 0.29) is 12.5 Å². The number of rotatable bonds is 8. The van der Waals surface area contributed by atoms with E-state index in [9.17, 15) is 4.79 Å². The maximum absolute atomic E-state index is 11.9. The van der Waals surface area contributed by atoms with E-state index in [4.69, 9.17) is 13.9 Å². The van der Waals surface area contributed by atoms with Crippen LogP contribution >= 0.6 is 0 Å². The molecule has 1 aromatic heterocycles. The molecule has 0 radical (unpaired) electrons. The van der Waals surface area contributed by atoms with Gasteiger partial charge >= 0.3 is 0 Å². The average Bonchev–Trinajstić information content (AvgIpc) is 3.19. The molecule has 0 saturated heterocycles. The number of hydrogen-bond acceptors (Lipinski definition) is 5. The van der Waals surface area contributed by atoms with Crippen LogP contribution in [0.15, 0.2) is 46.0 Å². The Kier molecular flexibility index (Phi) is 7.35. The third-order valence-corrected chi connectivity index (χ3v) is 3.59. The van der Waals surface area contributed by atoms with Gasteiger partial charge in [-0.2, -0.15) is 0 Å². The Balaban J connectivity index is 1.77. The highest BCUT2D eigenvalue weighted by molar-refractivity contribution is 5.86. The summed E-state index contributed by atoms with van der Waals surface area (Å²) in [6.07, 6.45) is 1.57. The van der Waals surface area contributed by atoms with E-state index in [1.807, 2.05) is 18.2 Å². The largest absolute Gasteiger partial charge is 0.493 e. The van der Waals surface area contributed by atoms with Crippen molar-refractivity contribution in [1.82, 2.24) is 16.0 Å². The first-order chi connectivity index (χ1) is 12.7. The number of hydrogen-bond donors (Lipinski definition) is 3. The Morgan fingerprint density at radius 1 is 1.08 bits per heavy atom. The number of aliphatic imine (C=N–C) groups is 1. The summed E-state index contributed by atoms with van der Waals surface area (Å²) < 4.78 is 15.7. The van der Waals surface area contributed by atoms with E-state index in [1.54, 1.807) is 39.7 Å². The summed E-state index contributed by atoms with van der Waals surface area (Å²) in [4.78, 5) is 16.0. The number of nitrogens with one attached hydrogen (secondary N) is 3. The molecule has 0 saturated carbocycles. The van der Waals surface area contributed by atoms with Crippen molar-refractivity contribution in [2.24, 2.45) is 4.99 Å². The van der Waals surface area contributed by atoms with E-state index in [0.717, 1.165) is 5.56 Å². The fraction of sp³-hybridized carbons (Fsp3) is 0.333. The fourth-order valence-electron chi connectivity index (χ4n) is 2.22. The third-order valence-electron chi connectivity index (χ3n) is 3.59. The molecular formula is C18H24N4O4. The van der Waals surface area contributed by atoms with E-state index in [0.29, 0.717) is 36.3 Å². The van der Waals surface area contributed by atoms with Crippen LogP contribution in [0.25, 0.3) is 0 Å². The predicted octanol–water partition coefficient (Wildman–Crippen LogP) is 1.28. The number of benzene rings is 1. The lowest BCUT2D eigenvalue weighted by molar-refractivity contribution is -0.120. The molecule has 2 rings (SSSR count). The van der Waals surface area contributed by atoms with Crippen molar-refractivity contribution in [3.05, 3.63) is 47.9 Å². The van der Waals surface area contributed by atoms with Crippen LogP contribution in [-0.4, -0.2) is 39.7 Å². The maximum atomic E-state index is 11.9. The van der Waals surface area contributed by atoms with Crippen LogP contribution < -0.4 is 25.4 Å². The first-order valence-corrected chi connectivity index (χ1v) is 8.10. The van der Waals surface area contributed by atoms with Crippen LogP contribution in [0.3, 0.4) is 0 Å². The third kappa shape index (κ3) is 5.73. The highest BCUT2D eigenvalue weighted by atomic mass is 16.5. The number of methoxy groups -OCH3 is 2. The molecule has 0 fully saturated rings. The Hall–Kier alpha value is -3.16. The molecule has 2 aromatic rings. The van der Waals surface area contributed by atoms with Crippen LogP contribution in [0.2, 0.25) is 0 Å². The molecule has 0 spiro atoms. The zero-order valence-electron chi connectivity index (χ0n) is 15.2. The van der Waals surface area contributed by atoms with Crippen molar-refractivity contribution in [2.45, 2.75) is 13.1 Å². The average molecular weight is 360 g/mol. The second kappa shape index (κ2) is 9.97. The van der Waals surface area contributed by atoms with Gasteiger partial charge in [0.05, 0.1) is 33.6 Å². The molecule has 0 aliphatic rings. The predicted molar refractivity (Wildman–Crippen MR) is 98.3 cm³/mol. The van der Waals surface area contributed by atoms with E-state index in [1.165, 1.54) is 0 Å². The quantitative estimate of drug-likeness (QED) is 0.485. The van der Waals surface area contributed by atoms with Gasteiger partial charge in [-0.05, 0) is 29.8 Å². The Bertz CT molecular complexity index is 729. The van der Waals surface area contributed by atoms with Crippen molar-refractivity contribution in [1.29, 1.82) is 0 Å². The van der Waals surface area contributed by atoms with Crippen molar-refractivity contribution >= 4 is 11.9 Å². The highest BCUT2D eigenvalue weighted by Crippen LogP contribution is 2.27. The van der Waals surface area contributed by atoms with Crippen LogP contribution in [0.1, 0.15) is 11.3 Å². The molecular weight excluding hydrogens is 336 g/mol. The van der Waals surface area contributed by atoms with Crippen LogP contribution in [0.5, 0.6) is 11.5 Å². The van der Waals surface area contributed by atoms with Crippen molar-refractivity contribution in [2.75, 3.05) is 27.8 Å². The Morgan fingerprint density at radius 3 is 2.54 bits per heavy atom. The van der Waals surface area contributed by atoms with Gasteiger partial charge in [0.25, 0.3) is 0 Å². The Labute approximate surface area is 152 Å². The van der Waals surface area contributed by atoms with Gasteiger partial charge in [0.2, 0.25) is 5.91 Å². The zero-order chi connectivity index (χ0) is 18.8. The summed E-state index contributed by atoms with van der Waals surface area (Å²) in [6, 6.07) is 9.23. The molecule has 1 amide bonds. The topological polar surface area (TPSA) is 97.1 Å². The lowest BCUT2D eigenvalue weighted by Gasteiger charge is -2.13. The number of ether oxygens (including phenoxy) is 2. The lowest BCUT2D eigenvalue weighted by atomic mass is 10.2. The van der Waals surface area contributed by atoms with Gasteiger partial charge in [-0.25, -0.2) is 0 Å². The van der Waals surface area contributed by atoms with Crippen molar-refractivity contribution < 1.29 is 18.7 Å². The van der Waals surface area contributed by atoms with E-state index in [2.05, 4.69) is 20.9 Å². The van der Waals surface area contributed by atoms with Crippen LogP contribution in [0, 0.1) is 0 Å². The Morgan fingerprint density at radius 2 is 1.88 bits per heavy atom. The van der Waals surface area contributed by atoms with Crippen molar-refractivity contribution in [3.8, 4) is 11.5 Å². The van der Waals surface area contributed by atoms with Gasteiger partial charge in [-0.3, -0.25) is 9.79 Å². The van der Waals surface area contributed by atoms with Crippen LogP contribution in [-0.2, 0) is 17.9 Å². The van der Waals surface area contributed by atoms with Gasteiger partial charge in [0, 0.05) is 13.6 Å². The number of nitrogens with zero attached hydrogens (tertiary/aromatic N) is 1. The summed E-state index contributed by atoms with van der Waals surface area (Å²) >= 11 is 0. The van der Waals surface area contributed by atoms with Gasteiger partial charge < -0.3 is 29.8 Å². The molecule has 26 heavy (non-hydrogen) atoms. The summed E-state index contributed by atoms with van der Waals surface area (Å²) in [5, 5.41) is 8.86. The molecule has 0 bridgehead atoms. The molecule has 3 N–H and O–H groups in total. The van der Waals surface area contributed by atoms with Crippen LogP contribution in [0.4, 0.5) is 0 Å². The molecule has 0 aliphatic heterocycles. The molecule has 8 heteroatoms. The highest BCUT2D eigenvalue weighted by Gasteiger charge is 2.07. The minimum Gasteiger partial charge on any atom is -0.493 e. The number of amides is 1. The number of carbonyl (C=O) groups excluding carboxylic acids is 1. The standard InChI is InChI=1S/C18H24N4O4/c1-19-18(22-12-17(23)20-11-14-5-4-8-26-14)21-10-13-6-7-15(24-2)16(9-13)25-3/h4-9H,10-12H2,1-3H3,(H,20,23)(H2,19,21,22). The van der Waals surface area contributed by atoms with Gasteiger partial charge in [-0.15, -0.1) is 0 Å². The number of guanidine groups is 1.